The molecule has 5 nitrogen and oxygen atoms in total. The minimum absolute atomic E-state index is 0.289. The number of nitrogens with zero attached hydrogens (tertiary/aromatic N) is 4. The molecule has 1 aliphatic rings. The van der Waals surface area contributed by atoms with E-state index < -0.39 is 0 Å². The second-order valence-corrected chi connectivity index (χ2v) is 6.35. The average Bonchev–Trinajstić information content (AvgIpc) is 3.24. The number of nitrogens with one attached hydrogen (secondary N) is 1. The summed E-state index contributed by atoms with van der Waals surface area (Å²) >= 11 is 0. The van der Waals surface area contributed by atoms with Crippen LogP contribution in [0, 0.1) is 6.92 Å². The van der Waals surface area contributed by atoms with E-state index in [4.69, 9.17) is 5.10 Å². The van der Waals surface area contributed by atoms with Gasteiger partial charge in [-0.25, -0.2) is 0 Å². The molecule has 2 aromatic rings. The second kappa shape index (κ2) is 6.65. The molecule has 0 spiro atoms. The molecule has 0 bridgehead atoms. The zero-order chi connectivity index (χ0) is 15.5. The second-order valence-electron chi connectivity index (χ2n) is 6.35. The molecule has 1 N–H and O–H groups in total. The van der Waals surface area contributed by atoms with Gasteiger partial charge in [0.05, 0.1) is 17.4 Å². The first-order chi connectivity index (χ1) is 10.7. The Kier molecular flexibility index (Phi) is 4.62. The van der Waals surface area contributed by atoms with Gasteiger partial charge in [0.1, 0.15) is 0 Å². The Labute approximate surface area is 132 Å². The molecule has 0 radical (unpaired) electrons. The molecule has 2 aromatic heterocycles. The first-order valence-corrected chi connectivity index (χ1v) is 8.48. The van der Waals surface area contributed by atoms with Crippen molar-refractivity contribution in [2.24, 2.45) is 0 Å². The van der Waals surface area contributed by atoms with Crippen LogP contribution in [0.3, 0.4) is 0 Å². The molecule has 1 saturated carbocycles. The molecule has 0 aliphatic heterocycles. The molecule has 0 amide bonds. The van der Waals surface area contributed by atoms with Crippen LogP contribution in [0.15, 0.2) is 18.5 Å². The van der Waals surface area contributed by atoms with Crippen molar-refractivity contribution in [3.8, 4) is 0 Å². The fraction of sp³-hybridized carbons (Fsp3) is 0.647. The number of hydrogen-bond acceptors (Lipinski definition) is 3. The minimum atomic E-state index is 0.289. The van der Waals surface area contributed by atoms with Crippen molar-refractivity contribution in [2.45, 2.75) is 71.6 Å². The summed E-state index contributed by atoms with van der Waals surface area (Å²) in [5.41, 5.74) is 3.51. The van der Waals surface area contributed by atoms with E-state index in [-0.39, 0.29) is 6.04 Å². The highest BCUT2D eigenvalue weighted by Crippen LogP contribution is 2.28. The molecule has 0 aromatic carbocycles. The highest BCUT2D eigenvalue weighted by Gasteiger charge is 2.18. The lowest BCUT2D eigenvalue weighted by atomic mass is 10.1. The van der Waals surface area contributed by atoms with Gasteiger partial charge in [-0.05, 0) is 39.7 Å². The van der Waals surface area contributed by atoms with Crippen LogP contribution in [0.25, 0.3) is 0 Å². The molecule has 0 saturated heterocycles. The van der Waals surface area contributed by atoms with Crippen LogP contribution in [-0.2, 0) is 13.1 Å². The van der Waals surface area contributed by atoms with Gasteiger partial charge in [-0.1, -0.05) is 12.8 Å². The number of aromatic nitrogens is 4. The van der Waals surface area contributed by atoms with E-state index in [1.807, 2.05) is 4.68 Å². The minimum Gasteiger partial charge on any atom is -0.304 e. The lowest BCUT2D eigenvalue weighted by Crippen LogP contribution is -2.19. The summed E-state index contributed by atoms with van der Waals surface area (Å²) in [5.74, 6) is 0. The van der Waals surface area contributed by atoms with Gasteiger partial charge in [0.2, 0.25) is 0 Å². The first-order valence-electron chi connectivity index (χ1n) is 8.48. The van der Waals surface area contributed by atoms with E-state index in [9.17, 15) is 0 Å². The zero-order valence-electron chi connectivity index (χ0n) is 13.9. The molecule has 1 unspecified atom stereocenters. The van der Waals surface area contributed by atoms with Crippen molar-refractivity contribution in [3.05, 3.63) is 35.4 Å². The third kappa shape index (κ3) is 3.24. The van der Waals surface area contributed by atoms with Crippen molar-refractivity contribution < 1.29 is 0 Å². The maximum atomic E-state index is 4.74. The first kappa shape index (κ1) is 15.3. The van der Waals surface area contributed by atoms with Crippen molar-refractivity contribution in [1.82, 2.24) is 24.9 Å². The van der Waals surface area contributed by atoms with Gasteiger partial charge in [-0.15, -0.1) is 0 Å². The van der Waals surface area contributed by atoms with Crippen LogP contribution in [0.1, 0.15) is 68.6 Å². The van der Waals surface area contributed by atoms with Gasteiger partial charge < -0.3 is 5.32 Å². The maximum absolute atomic E-state index is 4.74. The van der Waals surface area contributed by atoms with Gasteiger partial charge in [-0.3, -0.25) is 9.36 Å². The van der Waals surface area contributed by atoms with E-state index in [0.717, 1.165) is 24.5 Å². The Balaban J connectivity index is 1.58. The standard InChI is InChI=1S/C17H27N5/c1-4-21-12-17(14(3)19-21)13(2)18-11-15-9-10-22(20-15)16-7-5-6-8-16/h9-10,12-13,16,18H,4-8,11H2,1-3H3. The van der Waals surface area contributed by atoms with Crippen molar-refractivity contribution in [3.63, 3.8) is 0 Å². The summed E-state index contributed by atoms with van der Waals surface area (Å²) in [6.07, 6.45) is 9.52. The Bertz CT molecular complexity index is 606. The van der Waals surface area contributed by atoms with Gasteiger partial charge in [0, 0.05) is 37.1 Å². The highest BCUT2D eigenvalue weighted by atomic mass is 15.3. The fourth-order valence-corrected chi connectivity index (χ4v) is 3.33. The normalized spacial score (nSPS) is 17.2. The van der Waals surface area contributed by atoms with Crippen molar-refractivity contribution in [2.75, 3.05) is 0 Å². The Morgan fingerprint density at radius 2 is 2.09 bits per heavy atom. The Hall–Kier alpha value is -1.62. The van der Waals surface area contributed by atoms with Crippen molar-refractivity contribution in [1.29, 1.82) is 0 Å². The van der Waals surface area contributed by atoms with Crippen LogP contribution < -0.4 is 5.32 Å². The van der Waals surface area contributed by atoms with E-state index in [0.29, 0.717) is 6.04 Å². The molecule has 5 heteroatoms. The Morgan fingerprint density at radius 1 is 1.32 bits per heavy atom. The predicted molar refractivity (Wildman–Crippen MR) is 87.6 cm³/mol. The van der Waals surface area contributed by atoms with Crippen LogP contribution in [0.5, 0.6) is 0 Å². The summed E-state index contributed by atoms with van der Waals surface area (Å²) in [6, 6.07) is 3.05. The number of hydrogen-bond donors (Lipinski definition) is 1. The summed E-state index contributed by atoms with van der Waals surface area (Å²) < 4.78 is 4.16. The molecule has 1 atom stereocenters. The van der Waals surface area contributed by atoms with E-state index in [2.05, 4.69) is 54.3 Å². The average molecular weight is 301 g/mol. The molecular weight excluding hydrogens is 274 g/mol. The van der Waals surface area contributed by atoms with E-state index in [1.165, 1.54) is 31.2 Å². The quantitative estimate of drug-likeness (QED) is 0.890. The molecule has 120 valence electrons. The fourth-order valence-electron chi connectivity index (χ4n) is 3.33. The summed E-state index contributed by atoms with van der Waals surface area (Å²) in [6.45, 7) is 8.10. The largest absolute Gasteiger partial charge is 0.304 e. The molecule has 3 rings (SSSR count). The lowest BCUT2D eigenvalue weighted by Gasteiger charge is -2.12. The van der Waals surface area contributed by atoms with Crippen LogP contribution in [0.4, 0.5) is 0 Å². The van der Waals surface area contributed by atoms with Crippen LogP contribution in [0.2, 0.25) is 0 Å². The zero-order valence-corrected chi connectivity index (χ0v) is 13.9. The topological polar surface area (TPSA) is 47.7 Å². The summed E-state index contributed by atoms with van der Waals surface area (Å²) in [4.78, 5) is 0. The Morgan fingerprint density at radius 3 is 2.77 bits per heavy atom. The number of aryl methyl sites for hydroxylation is 2. The summed E-state index contributed by atoms with van der Waals surface area (Å²) in [5, 5.41) is 12.8. The lowest BCUT2D eigenvalue weighted by molar-refractivity contribution is 0.458. The maximum Gasteiger partial charge on any atom is 0.0762 e. The van der Waals surface area contributed by atoms with E-state index >= 15 is 0 Å². The predicted octanol–water partition coefficient (Wildman–Crippen LogP) is 3.37. The monoisotopic (exact) mass is 301 g/mol. The van der Waals surface area contributed by atoms with Gasteiger partial charge in [0.25, 0.3) is 0 Å². The highest BCUT2D eigenvalue weighted by molar-refractivity contribution is 5.19. The van der Waals surface area contributed by atoms with Gasteiger partial charge in [0.15, 0.2) is 0 Å². The molecule has 1 aliphatic carbocycles. The van der Waals surface area contributed by atoms with Gasteiger partial charge >= 0.3 is 0 Å². The van der Waals surface area contributed by atoms with E-state index in [1.54, 1.807) is 0 Å². The van der Waals surface area contributed by atoms with Crippen LogP contribution >= 0.6 is 0 Å². The van der Waals surface area contributed by atoms with Crippen LogP contribution in [-0.4, -0.2) is 19.6 Å². The summed E-state index contributed by atoms with van der Waals surface area (Å²) in [7, 11) is 0. The SMILES string of the molecule is CCn1cc(C(C)NCc2ccn(C3CCCC3)n2)c(C)n1. The smallest absolute Gasteiger partial charge is 0.0762 e. The van der Waals surface area contributed by atoms with Crippen molar-refractivity contribution >= 4 is 0 Å². The van der Waals surface area contributed by atoms with Gasteiger partial charge in [-0.2, -0.15) is 10.2 Å². The third-order valence-electron chi connectivity index (χ3n) is 4.73. The molecule has 22 heavy (non-hydrogen) atoms. The molecular formula is C17H27N5. The molecule has 1 fully saturated rings. The number of rotatable bonds is 6. The third-order valence-corrected chi connectivity index (χ3v) is 4.73. The molecule has 2 heterocycles.